The van der Waals surface area contributed by atoms with E-state index in [9.17, 15) is 26.3 Å². The standard InChI is InChI=1S/C21H17F6NO2/c22-20(23,24)14-15-13-12-6-7-18(29-12)9-28(8-11-4-2-1-3-5-11)10-19(30-15,16(13)18)17(14)21(25,26)27/h1-7,12-13,15-16H,8-10H2/t12-,13+,15-,16-,18-,19+/m0/s1. The van der Waals surface area contributed by atoms with E-state index in [1.54, 1.807) is 17.1 Å². The minimum atomic E-state index is -5.15. The molecule has 0 unspecified atom stereocenters. The highest BCUT2D eigenvalue weighted by atomic mass is 19.4. The number of hydrogen-bond donors (Lipinski definition) is 0. The number of fused-ring (bicyclic) bond motifs is 4. The highest BCUT2D eigenvalue weighted by molar-refractivity contribution is 5.51. The average Bonchev–Trinajstić information content (AvgIpc) is 3.36. The van der Waals surface area contributed by atoms with Crippen molar-refractivity contribution in [2.75, 3.05) is 13.1 Å². The molecule has 0 saturated carbocycles. The lowest BCUT2D eigenvalue weighted by atomic mass is 9.58. The normalized spacial score (nSPS) is 41.8. The lowest BCUT2D eigenvalue weighted by Gasteiger charge is -2.51. The van der Waals surface area contributed by atoms with Crippen molar-refractivity contribution in [1.82, 2.24) is 4.90 Å². The van der Waals surface area contributed by atoms with Gasteiger partial charge in [-0.3, -0.25) is 4.90 Å². The summed E-state index contributed by atoms with van der Waals surface area (Å²) >= 11 is 0. The van der Waals surface area contributed by atoms with E-state index >= 15 is 0 Å². The molecule has 2 spiro atoms. The van der Waals surface area contributed by atoms with Crippen LogP contribution in [0.5, 0.6) is 0 Å². The number of piperidine rings is 1. The first-order chi connectivity index (χ1) is 14.1. The molecule has 4 bridgehead atoms. The van der Waals surface area contributed by atoms with E-state index in [0.29, 0.717) is 13.1 Å². The summed E-state index contributed by atoms with van der Waals surface area (Å²) < 4.78 is 95.7. The van der Waals surface area contributed by atoms with Crippen LogP contribution >= 0.6 is 0 Å². The Hall–Kier alpha value is -1.84. The Morgan fingerprint density at radius 3 is 2.37 bits per heavy atom. The maximum absolute atomic E-state index is 14.1. The van der Waals surface area contributed by atoms with Crippen molar-refractivity contribution in [2.24, 2.45) is 11.8 Å². The zero-order valence-corrected chi connectivity index (χ0v) is 15.5. The van der Waals surface area contributed by atoms with Gasteiger partial charge in [0.15, 0.2) is 0 Å². The van der Waals surface area contributed by atoms with Crippen LogP contribution in [0.2, 0.25) is 0 Å². The number of halogens is 6. The van der Waals surface area contributed by atoms with Crippen LogP contribution in [0, 0.1) is 11.8 Å². The molecule has 6 rings (SSSR count). The molecule has 1 aromatic rings. The zero-order valence-electron chi connectivity index (χ0n) is 15.5. The van der Waals surface area contributed by atoms with E-state index in [1.165, 1.54) is 0 Å². The van der Waals surface area contributed by atoms with Crippen molar-refractivity contribution >= 4 is 0 Å². The average molecular weight is 429 g/mol. The summed E-state index contributed by atoms with van der Waals surface area (Å²) in [6, 6.07) is 9.12. The number of nitrogens with zero attached hydrogens (tertiary/aromatic N) is 1. The smallest absolute Gasteiger partial charge is 0.361 e. The third-order valence-corrected chi connectivity index (χ3v) is 7.15. The summed E-state index contributed by atoms with van der Waals surface area (Å²) in [5.41, 5.74) is -5.42. The van der Waals surface area contributed by atoms with E-state index in [2.05, 4.69) is 0 Å². The number of rotatable bonds is 2. The topological polar surface area (TPSA) is 21.7 Å². The summed E-state index contributed by atoms with van der Waals surface area (Å²) in [4.78, 5) is 1.73. The SMILES string of the molecule is FC(F)(F)C1=C(C(F)(F)F)[C@]23CN(Cc4ccccc4)C[C@]45C=C[C@H](O4)[C@H]([C@@H]1O2)[C@H]35. The van der Waals surface area contributed by atoms with Gasteiger partial charge >= 0.3 is 12.4 Å². The molecular formula is C21H17F6NO2. The fourth-order valence-electron chi connectivity index (χ4n) is 6.55. The Morgan fingerprint density at radius 2 is 1.70 bits per heavy atom. The molecule has 160 valence electrons. The summed E-state index contributed by atoms with van der Waals surface area (Å²) in [5.74, 6) is -1.53. The van der Waals surface area contributed by atoms with Crippen LogP contribution in [0.1, 0.15) is 5.56 Å². The Bertz CT molecular complexity index is 970. The van der Waals surface area contributed by atoms with E-state index < -0.39 is 58.7 Å². The zero-order chi connectivity index (χ0) is 21.1. The molecule has 5 aliphatic heterocycles. The van der Waals surface area contributed by atoms with Gasteiger partial charge in [-0.15, -0.1) is 0 Å². The van der Waals surface area contributed by atoms with Crippen LogP contribution in [0.3, 0.4) is 0 Å². The van der Waals surface area contributed by atoms with Crippen molar-refractivity contribution in [3.8, 4) is 0 Å². The first-order valence-electron chi connectivity index (χ1n) is 9.75. The van der Waals surface area contributed by atoms with Crippen molar-refractivity contribution < 1.29 is 35.8 Å². The van der Waals surface area contributed by atoms with Gasteiger partial charge in [0, 0.05) is 31.5 Å². The van der Waals surface area contributed by atoms with Crippen LogP contribution in [0.25, 0.3) is 0 Å². The fraction of sp³-hybridized carbons (Fsp3) is 0.524. The van der Waals surface area contributed by atoms with Gasteiger partial charge in [-0.2, -0.15) is 26.3 Å². The van der Waals surface area contributed by atoms with Gasteiger partial charge in [-0.25, -0.2) is 0 Å². The third-order valence-electron chi connectivity index (χ3n) is 7.15. The second-order valence-corrected chi connectivity index (χ2v) is 8.79. The number of benzene rings is 1. The Kier molecular flexibility index (Phi) is 3.46. The van der Waals surface area contributed by atoms with E-state index in [0.717, 1.165) is 5.56 Å². The highest BCUT2D eigenvalue weighted by Crippen LogP contribution is 2.70. The molecule has 3 saturated heterocycles. The van der Waals surface area contributed by atoms with Crippen LogP contribution in [0.15, 0.2) is 53.6 Å². The molecule has 9 heteroatoms. The Morgan fingerprint density at radius 1 is 0.967 bits per heavy atom. The molecule has 1 aromatic carbocycles. The summed E-state index contributed by atoms with van der Waals surface area (Å²) in [6.45, 7) is 0.365. The van der Waals surface area contributed by atoms with Crippen LogP contribution in [-0.2, 0) is 16.0 Å². The second kappa shape index (κ2) is 5.49. The molecule has 30 heavy (non-hydrogen) atoms. The van der Waals surface area contributed by atoms with E-state index in [1.807, 2.05) is 30.3 Å². The largest absolute Gasteiger partial charge is 0.415 e. The van der Waals surface area contributed by atoms with Crippen molar-refractivity contribution in [3.63, 3.8) is 0 Å². The molecule has 3 fully saturated rings. The number of ether oxygens (including phenoxy) is 2. The van der Waals surface area contributed by atoms with Gasteiger partial charge in [0.1, 0.15) is 11.2 Å². The molecule has 0 radical (unpaired) electrons. The molecular weight excluding hydrogens is 412 g/mol. The molecule has 6 atom stereocenters. The van der Waals surface area contributed by atoms with E-state index in [-0.39, 0.29) is 6.54 Å². The van der Waals surface area contributed by atoms with Gasteiger partial charge in [-0.05, 0) is 5.56 Å². The first kappa shape index (κ1) is 18.9. The second-order valence-electron chi connectivity index (χ2n) is 8.79. The van der Waals surface area contributed by atoms with Crippen molar-refractivity contribution in [3.05, 3.63) is 59.2 Å². The molecule has 5 heterocycles. The van der Waals surface area contributed by atoms with Gasteiger partial charge < -0.3 is 9.47 Å². The van der Waals surface area contributed by atoms with Crippen LogP contribution < -0.4 is 0 Å². The molecule has 0 aromatic heterocycles. The maximum Gasteiger partial charge on any atom is 0.415 e. The van der Waals surface area contributed by atoms with Crippen molar-refractivity contribution in [1.29, 1.82) is 0 Å². The molecule has 0 aliphatic carbocycles. The van der Waals surface area contributed by atoms with Crippen LogP contribution in [0.4, 0.5) is 26.3 Å². The third kappa shape index (κ3) is 2.23. The lowest BCUT2D eigenvalue weighted by Crippen LogP contribution is -2.65. The molecule has 0 N–H and O–H groups in total. The predicted octanol–water partition coefficient (Wildman–Crippen LogP) is 4.01. The van der Waals surface area contributed by atoms with Gasteiger partial charge in [0.05, 0.1) is 23.4 Å². The summed E-state index contributed by atoms with van der Waals surface area (Å²) in [5, 5.41) is 0. The first-order valence-corrected chi connectivity index (χ1v) is 9.75. The fourth-order valence-corrected chi connectivity index (χ4v) is 6.55. The maximum atomic E-state index is 14.1. The number of alkyl halides is 6. The summed E-state index contributed by atoms with van der Waals surface area (Å²) in [6.07, 6.45) is -9.15. The quantitative estimate of drug-likeness (QED) is 0.524. The minimum Gasteiger partial charge on any atom is -0.361 e. The number of likely N-dealkylation sites (tertiary alicyclic amines) is 1. The highest BCUT2D eigenvalue weighted by Gasteiger charge is 2.81. The number of hydrogen-bond acceptors (Lipinski definition) is 3. The van der Waals surface area contributed by atoms with Gasteiger partial charge in [0.25, 0.3) is 0 Å². The van der Waals surface area contributed by atoms with E-state index in [4.69, 9.17) is 9.47 Å². The Balaban J connectivity index is 1.51. The molecule has 3 nitrogen and oxygen atoms in total. The molecule has 5 aliphatic rings. The molecule has 0 amide bonds. The van der Waals surface area contributed by atoms with Crippen LogP contribution in [-0.4, -0.2) is 53.8 Å². The van der Waals surface area contributed by atoms with Gasteiger partial charge in [0.2, 0.25) is 0 Å². The minimum absolute atomic E-state index is 0.250. The predicted molar refractivity (Wildman–Crippen MR) is 92.2 cm³/mol. The van der Waals surface area contributed by atoms with Crippen molar-refractivity contribution in [2.45, 2.75) is 42.3 Å². The Labute approximate surface area is 167 Å². The monoisotopic (exact) mass is 429 g/mol. The lowest BCUT2D eigenvalue weighted by molar-refractivity contribution is -0.166. The summed E-state index contributed by atoms with van der Waals surface area (Å²) in [7, 11) is 0. The van der Waals surface area contributed by atoms with Gasteiger partial charge in [-0.1, -0.05) is 42.5 Å².